The van der Waals surface area contributed by atoms with Crippen LogP contribution in [-0.4, -0.2) is 73.5 Å². The summed E-state index contributed by atoms with van der Waals surface area (Å²) < 4.78 is 31.7. The minimum Gasteiger partial charge on any atom is -0.475 e. The van der Waals surface area contributed by atoms with E-state index in [2.05, 4.69) is 30.3 Å². The molecule has 0 bridgehead atoms. The van der Waals surface area contributed by atoms with Gasteiger partial charge in [-0.05, 0) is 35.9 Å². The quantitative estimate of drug-likeness (QED) is 0.340. The molecule has 3 heterocycles. The summed E-state index contributed by atoms with van der Waals surface area (Å²) >= 11 is 12.5. The maximum atomic E-state index is 10.6. The molecule has 1 aliphatic heterocycles. The molecule has 1 saturated heterocycles. The molecule has 204 valence electrons. The number of alkyl halides is 3. The Morgan fingerprint density at radius 2 is 1.67 bits per heavy atom. The second kappa shape index (κ2) is 12.4. The molecule has 2 aromatic carbocycles. The van der Waals surface area contributed by atoms with Gasteiger partial charge in [-0.15, -0.1) is 5.10 Å². The molecule has 0 atom stereocenters. The van der Waals surface area contributed by atoms with Gasteiger partial charge in [-0.25, -0.2) is 19.7 Å². The number of aromatic nitrogens is 5. The largest absolute Gasteiger partial charge is 0.490 e. The summed E-state index contributed by atoms with van der Waals surface area (Å²) in [5, 5.41) is 19.6. The zero-order valence-electron chi connectivity index (χ0n) is 20.1. The SMILES string of the molecule is Clc1ccc(Cl)c(CN2CCN(c3nc4ccccc4nc3Nc3nccnn3)CC2)c1.O=C(O)C(F)(F)F. The normalized spacial score (nSPS) is 14.0. The van der Waals surface area contributed by atoms with Gasteiger partial charge in [-0.1, -0.05) is 35.3 Å². The Morgan fingerprint density at radius 3 is 2.28 bits per heavy atom. The van der Waals surface area contributed by atoms with Crippen molar-refractivity contribution in [2.45, 2.75) is 12.7 Å². The van der Waals surface area contributed by atoms with E-state index in [-0.39, 0.29) is 0 Å². The van der Waals surface area contributed by atoms with Crippen LogP contribution in [-0.2, 0) is 11.3 Å². The van der Waals surface area contributed by atoms with Crippen molar-refractivity contribution in [3.8, 4) is 0 Å². The Balaban J connectivity index is 0.000000448. The number of hydrogen-bond donors (Lipinski definition) is 2. The van der Waals surface area contributed by atoms with Crippen LogP contribution < -0.4 is 10.2 Å². The molecule has 2 aromatic heterocycles. The van der Waals surface area contributed by atoms with Crippen molar-refractivity contribution in [3.05, 3.63) is 70.5 Å². The van der Waals surface area contributed by atoms with Gasteiger partial charge in [0.1, 0.15) is 0 Å². The number of aliphatic carboxylic acids is 1. The molecular formula is C24H21Cl2F3N8O2. The van der Waals surface area contributed by atoms with Crippen molar-refractivity contribution in [2.24, 2.45) is 0 Å². The molecular weight excluding hydrogens is 560 g/mol. The summed E-state index contributed by atoms with van der Waals surface area (Å²) in [5.74, 6) is -0.986. The van der Waals surface area contributed by atoms with E-state index in [1.54, 1.807) is 6.20 Å². The Morgan fingerprint density at radius 1 is 1.00 bits per heavy atom. The molecule has 2 N–H and O–H groups in total. The number of carboxylic acid groups (broad SMARTS) is 1. The number of nitrogens with zero attached hydrogens (tertiary/aromatic N) is 7. The molecule has 0 spiro atoms. The molecule has 15 heteroatoms. The molecule has 1 fully saturated rings. The average molecular weight is 581 g/mol. The number of para-hydroxylation sites is 2. The summed E-state index contributed by atoms with van der Waals surface area (Å²) in [6.07, 6.45) is -1.97. The molecule has 0 aliphatic carbocycles. The van der Waals surface area contributed by atoms with Crippen LogP contribution in [0.3, 0.4) is 0 Å². The predicted octanol–water partition coefficient (Wildman–Crippen LogP) is 4.82. The number of halogens is 5. The topological polar surface area (TPSA) is 120 Å². The number of carbonyl (C=O) groups is 1. The highest BCUT2D eigenvalue weighted by molar-refractivity contribution is 6.33. The number of rotatable bonds is 5. The second-order valence-corrected chi connectivity index (χ2v) is 9.12. The lowest BCUT2D eigenvalue weighted by atomic mass is 10.2. The summed E-state index contributed by atoms with van der Waals surface area (Å²) in [4.78, 5) is 27.4. The fourth-order valence-corrected chi connectivity index (χ4v) is 4.10. The van der Waals surface area contributed by atoms with Crippen LogP contribution in [0.4, 0.5) is 30.8 Å². The number of fused-ring (bicyclic) bond motifs is 1. The van der Waals surface area contributed by atoms with Crippen LogP contribution in [0, 0.1) is 0 Å². The first kappa shape index (κ1) is 28.2. The van der Waals surface area contributed by atoms with Gasteiger partial charge in [-0.3, -0.25) is 4.90 Å². The van der Waals surface area contributed by atoms with E-state index in [0.29, 0.717) is 16.8 Å². The number of benzene rings is 2. The van der Waals surface area contributed by atoms with Crippen LogP contribution in [0.15, 0.2) is 54.9 Å². The molecule has 1 aliphatic rings. The third-order valence-electron chi connectivity index (χ3n) is 5.58. The van der Waals surface area contributed by atoms with Crippen molar-refractivity contribution in [1.82, 2.24) is 30.0 Å². The van der Waals surface area contributed by atoms with Crippen LogP contribution in [0.2, 0.25) is 10.0 Å². The molecule has 0 amide bonds. The Bertz CT molecular complexity index is 1440. The van der Waals surface area contributed by atoms with Gasteiger partial charge in [-0.2, -0.15) is 18.3 Å². The Hall–Kier alpha value is -3.81. The van der Waals surface area contributed by atoms with E-state index < -0.39 is 12.1 Å². The van der Waals surface area contributed by atoms with Crippen molar-refractivity contribution in [3.63, 3.8) is 0 Å². The van der Waals surface area contributed by atoms with Gasteiger partial charge in [0.2, 0.25) is 5.95 Å². The minimum atomic E-state index is -5.08. The first-order chi connectivity index (χ1) is 18.6. The van der Waals surface area contributed by atoms with Gasteiger partial charge >= 0.3 is 12.1 Å². The van der Waals surface area contributed by atoms with Gasteiger partial charge in [0.05, 0.1) is 23.4 Å². The van der Waals surface area contributed by atoms with Crippen LogP contribution in [0.5, 0.6) is 0 Å². The lowest BCUT2D eigenvalue weighted by molar-refractivity contribution is -0.192. The molecule has 4 aromatic rings. The lowest BCUT2D eigenvalue weighted by Crippen LogP contribution is -2.46. The zero-order chi connectivity index (χ0) is 28.0. The smallest absolute Gasteiger partial charge is 0.475 e. The molecule has 0 unspecified atom stereocenters. The number of piperazine rings is 1. The lowest BCUT2D eigenvalue weighted by Gasteiger charge is -2.36. The fourth-order valence-electron chi connectivity index (χ4n) is 3.73. The molecule has 5 rings (SSSR count). The van der Waals surface area contributed by atoms with Crippen LogP contribution in [0.25, 0.3) is 11.0 Å². The Labute approximate surface area is 230 Å². The van der Waals surface area contributed by atoms with Gasteiger partial charge < -0.3 is 15.3 Å². The molecule has 39 heavy (non-hydrogen) atoms. The summed E-state index contributed by atoms with van der Waals surface area (Å²) in [6, 6.07) is 13.4. The zero-order valence-corrected chi connectivity index (χ0v) is 21.6. The van der Waals surface area contributed by atoms with Crippen LogP contribution >= 0.6 is 23.2 Å². The van der Waals surface area contributed by atoms with E-state index in [1.165, 1.54) is 6.20 Å². The van der Waals surface area contributed by atoms with E-state index >= 15 is 0 Å². The van der Waals surface area contributed by atoms with Crippen molar-refractivity contribution >= 4 is 57.8 Å². The highest BCUT2D eigenvalue weighted by Crippen LogP contribution is 2.28. The summed E-state index contributed by atoms with van der Waals surface area (Å²) in [5.41, 5.74) is 2.68. The first-order valence-corrected chi connectivity index (χ1v) is 12.2. The summed E-state index contributed by atoms with van der Waals surface area (Å²) in [7, 11) is 0. The molecule has 0 saturated carbocycles. The third kappa shape index (κ3) is 7.62. The Kier molecular flexibility index (Phi) is 8.94. The number of nitrogens with one attached hydrogen (secondary N) is 1. The minimum absolute atomic E-state index is 0.382. The van der Waals surface area contributed by atoms with Crippen molar-refractivity contribution < 1.29 is 23.1 Å². The summed E-state index contributed by atoms with van der Waals surface area (Å²) in [6.45, 7) is 4.08. The maximum absolute atomic E-state index is 10.6. The van der Waals surface area contributed by atoms with E-state index in [9.17, 15) is 13.2 Å². The average Bonchev–Trinajstić information content (AvgIpc) is 2.91. The number of anilines is 3. The van der Waals surface area contributed by atoms with E-state index in [4.69, 9.17) is 43.1 Å². The highest BCUT2D eigenvalue weighted by atomic mass is 35.5. The van der Waals surface area contributed by atoms with Gasteiger partial charge in [0.15, 0.2) is 11.6 Å². The molecule has 0 radical (unpaired) electrons. The standard InChI is InChI=1S/C22H20Cl2N8.C2HF3O2/c23-16-5-6-17(24)15(13-16)14-31-9-11-32(12-10-31)21-20(29-22-25-7-8-26-30-22)27-18-3-1-2-4-19(18)28-21;3-2(4,5)1(6)7/h1-8,13H,9-12,14H2,(H,25,27,29,30);(H,6,7). The fraction of sp³-hybridized carbons (Fsp3) is 0.250. The number of hydrogen-bond acceptors (Lipinski definition) is 9. The van der Waals surface area contributed by atoms with Gasteiger partial charge in [0.25, 0.3) is 0 Å². The number of carboxylic acids is 1. The highest BCUT2D eigenvalue weighted by Gasteiger charge is 2.38. The first-order valence-electron chi connectivity index (χ1n) is 11.5. The monoisotopic (exact) mass is 580 g/mol. The molecule has 10 nitrogen and oxygen atoms in total. The second-order valence-electron chi connectivity index (χ2n) is 8.28. The van der Waals surface area contributed by atoms with Crippen molar-refractivity contribution in [1.29, 1.82) is 0 Å². The van der Waals surface area contributed by atoms with E-state index in [0.717, 1.165) is 60.2 Å². The predicted molar refractivity (Wildman–Crippen MR) is 140 cm³/mol. The van der Waals surface area contributed by atoms with Crippen molar-refractivity contribution in [2.75, 3.05) is 36.4 Å². The van der Waals surface area contributed by atoms with E-state index in [1.807, 2.05) is 42.5 Å². The van der Waals surface area contributed by atoms with Gasteiger partial charge in [0, 0.05) is 42.8 Å². The van der Waals surface area contributed by atoms with Crippen LogP contribution in [0.1, 0.15) is 5.56 Å². The maximum Gasteiger partial charge on any atom is 0.490 e. The third-order valence-corrected chi connectivity index (χ3v) is 6.18.